The lowest BCUT2D eigenvalue weighted by molar-refractivity contribution is -0.189. The molecule has 0 bridgehead atoms. The number of ether oxygens (including phenoxy) is 4. The minimum Gasteiger partial charge on any atom is -0.488 e. The van der Waals surface area contributed by atoms with Gasteiger partial charge in [0.25, 0.3) is 0 Å². The first kappa shape index (κ1) is 26.6. The Bertz CT molecular complexity index is 1120. The molecule has 1 heterocycles. The minimum absolute atomic E-state index is 0.165. The molecule has 6 nitrogen and oxygen atoms in total. The van der Waals surface area contributed by atoms with E-state index in [0.29, 0.717) is 32.2 Å². The summed E-state index contributed by atoms with van der Waals surface area (Å²) in [5.74, 6) is 0.475. The van der Waals surface area contributed by atoms with Crippen LogP contribution in [0.2, 0.25) is 0 Å². The largest absolute Gasteiger partial charge is 0.488 e. The summed E-state index contributed by atoms with van der Waals surface area (Å²) < 4.78 is 25.4. The molecule has 4 rings (SSSR count). The molecule has 1 amide bonds. The first-order valence-electron chi connectivity index (χ1n) is 12.7. The van der Waals surface area contributed by atoms with Crippen molar-refractivity contribution < 1.29 is 23.7 Å². The minimum atomic E-state index is -0.489. The van der Waals surface area contributed by atoms with Crippen LogP contribution in [-0.2, 0) is 43.6 Å². The zero-order valence-corrected chi connectivity index (χ0v) is 21.4. The van der Waals surface area contributed by atoms with Gasteiger partial charge in [0, 0.05) is 6.92 Å². The van der Waals surface area contributed by atoms with Gasteiger partial charge in [-0.2, -0.15) is 0 Å². The van der Waals surface area contributed by atoms with E-state index in [0.717, 1.165) is 16.7 Å². The maximum absolute atomic E-state index is 12.2. The Morgan fingerprint density at radius 1 is 0.784 bits per heavy atom. The van der Waals surface area contributed by atoms with E-state index in [-0.39, 0.29) is 5.91 Å². The number of amides is 1. The van der Waals surface area contributed by atoms with Crippen molar-refractivity contribution in [3.63, 3.8) is 0 Å². The van der Waals surface area contributed by atoms with Gasteiger partial charge in [-0.25, -0.2) is 0 Å². The van der Waals surface area contributed by atoms with Gasteiger partial charge in [0.05, 0.1) is 26.4 Å². The van der Waals surface area contributed by atoms with E-state index >= 15 is 0 Å². The number of allylic oxidation sites excluding steroid dienone is 1. The number of carbonyl (C=O) groups excluding carboxylic acids is 1. The van der Waals surface area contributed by atoms with Crippen molar-refractivity contribution in [2.45, 2.75) is 58.0 Å². The SMILES string of the molecule is C/C=C1\OC(COCc2ccccc2)[C@H](OCc2ccccc2)[C@@H](OCc2ccccc2)C1NC(C)=O. The smallest absolute Gasteiger partial charge is 0.217 e. The highest BCUT2D eigenvalue weighted by Crippen LogP contribution is 2.30. The van der Waals surface area contributed by atoms with Crippen molar-refractivity contribution in [1.82, 2.24) is 5.32 Å². The van der Waals surface area contributed by atoms with Gasteiger partial charge in [-0.3, -0.25) is 4.79 Å². The summed E-state index contributed by atoms with van der Waals surface area (Å²) in [6.07, 6.45) is 0.472. The fraction of sp³-hybridized carbons (Fsp3) is 0.323. The Kier molecular flexibility index (Phi) is 9.89. The molecule has 37 heavy (non-hydrogen) atoms. The standard InChI is InChI=1S/C31H35NO5/c1-3-27-29(32-23(2)33)31(36-21-26-17-11-6-12-18-26)30(35-20-25-15-9-5-10-16-25)28(37-27)22-34-19-24-13-7-4-8-14-24/h3-18,28-31H,19-22H2,1-2H3,(H,32,33)/b27-3-/t28?,29?,30-,31-/m0/s1. The Labute approximate surface area is 219 Å². The predicted octanol–water partition coefficient (Wildman–Crippen LogP) is 5.18. The van der Waals surface area contributed by atoms with Crippen molar-refractivity contribution in [3.05, 3.63) is 120 Å². The Balaban J connectivity index is 1.57. The van der Waals surface area contributed by atoms with Gasteiger partial charge in [-0.05, 0) is 29.7 Å². The van der Waals surface area contributed by atoms with Crippen LogP contribution in [0.5, 0.6) is 0 Å². The molecule has 6 heteroatoms. The molecule has 1 N–H and O–H groups in total. The lowest BCUT2D eigenvalue weighted by atomic mass is 9.94. The molecule has 0 aromatic heterocycles. The third-order valence-corrected chi connectivity index (χ3v) is 6.22. The molecule has 3 aromatic rings. The van der Waals surface area contributed by atoms with Gasteiger partial charge in [0.1, 0.15) is 24.0 Å². The molecule has 1 saturated heterocycles. The topological polar surface area (TPSA) is 66.0 Å². The second-order valence-electron chi connectivity index (χ2n) is 9.05. The van der Waals surface area contributed by atoms with Crippen molar-refractivity contribution >= 4 is 5.91 Å². The molecule has 1 aliphatic heterocycles. The van der Waals surface area contributed by atoms with Gasteiger partial charge in [0.2, 0.25) is 5.91 Å². The maximum atomic E-state index is 12.2. The summed E-state index contributed by atoms with van der Waals surface area (Å²) >= 11 is 0. The van der Waals surface area contributed by atoms with Crippen LogP contribution >= 0.6 is 0 Å². The maximum Gasteiger partial charge on any atom is 0.217 e. The molecule has 2 unspecified atom stereocenters. The number of nitrogens with one attached hydrogen (secondary N) is 1. The summed E-state index contributed by atoms with van der Waals surface area (Å²) in [5.41, 5.74) is 3.16. The molecule has 3 aromatic carbocycles. The number of benzene rings is 3. The Morgan fingerprint density at radius 2 is 1.27 bits per heavy atom. The number of carbonyl (C=O) groups is 1. The molecule has 1 aliphatic rings. The molecule has 0 aliphatic carbocycles. The van der Waals surface area contributed by atoms with Crippen LogP contribution in [0.1, 0.15) is 30.5 Å². The van der Waals surface area contributed by atoms with E-state index in [1.807, 2.05) is 104 Å². The fourth-order valence-electron chi connectivity index (χ4n) is 4.42. The van der Waals surface area contributed by atoms with Crippen LogP contribution in [0.15, 0.2) is 103 Å². The van der Waals surface area contributed by atoms with E-state index < -0.39 is 24.4 Å². The normalized spacial score (nSPS) is 22.4. The lowest BCUT2D eigenvalue weighted by Gasteiger charge is -2.44. The van der Waals surface area contributed by atoms with E-state index in [2.05, 4.69) is 5.32 Å². The molecule has 194 valence electrons. The van der Waals surface area contributed by atoms with Crippen LogP contribution in [-0.4, -0.2) is 36.9 Å². The predicted molar refractivity (Wildman–Crippen MR) is 142 cm³/mol. The van der Waals surface area contributed by atoms with Crippen molar-refractivity contribution in [1.29, 1.82) is 0 Å². The molecular weight excluding hydrogens is 466 g/mol. The van der Waals surface area contributed by atoms with E-state index in [4.69, 9.17) is 18.9 Å². The number of rotatable bonds is 11. The van der Waals surface area contributed by atoms with Crippen LogP contribution in [0.3, 0.4) is 0 Å². The van der Waals surface area contributed by atoms with E-state index in [9.17, 15) is 4.79 Å². The first-order chi connectivity index (χ1) is 18.1. The zero-order valence-electron chi connectivity index (χ0n) is 21.4. The Hall–Kier alpha value is -3.45. The highest BCUT2D eigenvalue weighted by Gasteiger charge is 2.46. The fourth-order valence-corrected chi connectivity index (χ4v) is 4.42. The molecule has 1 fully saturated rings. The van der Waals surface area contributed by atoms with Gasteiger partial charge in [-0.15, -0.1) is 0 Å². The zero-order chi connectivity index (χ0) is 25.9. The average Bonchev–Trinajstić information content (AvgIpc) is 2.93. The second kappa shape index (κ2) is 13.7. The molecule has 0 spiro atoms. The molecule has 4 atom stereocenters. The summed E-state index contributed by atoms with van der Waals surface area (Å²) in [6, 6.07) is 29.5. The van der Waals surface area contributed by atoms with Crippen LogP contribution in [0.4, 0.5) is 0 Å². The number of hydrogen-bond donors (Lipinski definition) is 1. The van der Waals surface area contributed by atoms with E-state index in [1.54, 1.807) is 0 Å². The van der Waals surface area contributed by atoms with Gasteiger partial charge >= 0.3 is 0 Å². The second-order valence-corrected chi connectivity index (χ2v) is 9.05. The third-order valence-electron chi connectivity index (χ3n) is 6.22. The highest BCUT2D eigenvalue weighted by atomic mass is 16.6. The van der Waals surface area contributed by atoms with Crippen LogP contribution < -0.4 is 5.32 Å². The van der Waals surface area contributed by atoms with E-state index in [1.165, 1.54) is 6.92 Å². The van der Waals surface area contributed by atoms with Gasteiger partial charge in [-0.1, -0.05) is 91.0 Å². The monoisotopic (exact) mass is 501 g/mol. The van der Waals surface area contributed by atoms with Crippen molar-refractivity contribution in [2.75, 3.05) is 6.61 Å². The summed E-state index contributed by atoms with van der Waals surface area (Å²) in [6.45, 7) is 4.92. The third kappa shape index (κ3) is 7.76. The molecule has 0 saturated carbocycles. The summed E-state index contributed by atoms with van der Waals surface area (Å²) in [5, 5.41) is 3.02. The Morgan fingerprint density at radius 3 is 1.76 bits per heavy atom. The molecular formula is C31H35NO5. The lowest BCUT2D eigenvalue weighted by Crippen LogP contribution is -2.60. The average molecular weight is 502 g/mol. The highest BCUT2D eigenvalue weighted by molar-refractivity contribution is 5.73. The first-order valence-corrected chi connectivity index (χ1v) is 12.7. The van der Waals surface area contributed by atoms with Gasteiger partial charge < -0.3 is 24.3 Å². The van der Waals surface area contributed by atoms with Crippen LogP contribution in [0, 0.1) is 0 Å². The number of hydrogen-bond acceptors (Lipinski definition) is 5. The van der Waals surface area contributed by atoms with Crippen molar-refractivity contribution in [3.8, 4) is 0 Å². The summed E-state index contributed by atoms with van der Waals surface area (Å²) in [4.78, 5) is 12.2. The van der Waals surface area contributed by atoms with Crippen molar-refractivity contribution in [2.24, 2.45) is 0 Å². The van der Waals surface area contributed by atoms with Crippen LogP contribution in [0.25, 0.3) is 0 Å². The summed E-state index contributed by atoms with van der Waals surface area (Å²) in [7, 11) is 0. The quantitative estimate of drug-likeness (QED) is 0.392. The van der Waals surface area contributed by atoms with Gasteiger partial charge in [0.15, 0.2) is 6.10 Å². The molecule has 0 radical (unpaired) electrons.